The molecule has 1 aromatic rings. The maximum atomic E-state index is 13.1. The van der Waals surface area contributed by atoms with Gasteiger partial charge in [0.2, 0.25) is 0 Å². The second kappa shape index (κ2) is 8.37. The molecule has 2 N–H and O–H groups in total. The lowest BCUT2D eigenvalue weighted by atomic mass is 9.88. The van der Waals surface area contributed by atoms with E-state index in [2.05, 4.69) is 10.6 Å². The predicted octanol–water partition coefficient (Wildman–Crippen LogP) is 4.90. The molecule has 0 amide bonds. The first kappa shape index (κ1) is 25.6. The van der Waals surface area contributed by atoms with Gasteiger partial charge >= 0.3 is 12.4 Å². The van der Waals surface area contributed by atoms with E-state index in [4.69, 9.17) is 0 Å². The zero-order valence-electron chi connectivity index (χ0n) is 16.7. The smallest absolute Gasteiger partial charge is 0.367 e. The highest BCUT2D eigenvalue weighted by Gasteiger charge is 2.37. The number of benzene rings is 1. The second-order valence-electron chi connectivity index (χ2n) is 7.74. The van der Waals surface area contributed by atoms with Gasteiger partial charge in [-0.3, -0.25) is 0 Å². The second-order valence-corrected chi connectivity index (χ2v) is 9.69. The van der Waals surface area contributed by atoms with Crippen molar-refractivity contribution >= 4 is 15.5 Å². The van der Waals surface area contributed by atoms with Crippen LogP contribution < -0.4 is 10.6 Å². The molecule has 0 saturated carbocycles. The average molecular weight is 457 g/mol. The monoisotopic (exact) mass is 457 g/mol. The molecule has 12 heteroatoms. The molecule has 0 saturated heterocycles. The van der Waals surface area contributed by atoms with Gasteiger partial charge in [0.25, 0.3) is 0 Å². The van der Waals surface area contributed by atoms with Gasteiger partial charge in [-0.15, -0.1) is 0 Å². The first-order valence-corrected chi connectivity index (χ1v) is 10.3. The molecule has 0 bridgehead atoms. The molecule has 1 rings (SSSR count). The van der Waals surface area contributed by atoms with Crippen LogP contribution in [-0.2, 0) is 22.2 Å². The number of sulfone groups is 1. The van der Waals surface area contributed by atoms with Crippen LogP contribution in [0, 0.1) is 16.7 Å². The first-order valence-electron chi connectivity index (χ1n) is 8.44. The molecule has 0 unspecified atom stereocenters. The van der Waals surface area contributed by atoms with Gasteiger partial charge in [0.05, 0.1) is 11.1 Å². The van der Waals surface area contributed by atoms with Gasteiger partial charge in [0.15, 0.2) is 14.7 Å². The molecule has 0 aromatic heterocycles. The third-order valence-corrected chi connectivity index (χ3v) is 5.25. The minimum absolute atomic E-state index is 0.0540. The van der Waals surface area contributed by atoms with Crippen molar-refractivity contribution in [3.8, 4) is 6.07 Å². The van der Waals surface area contributed by atoms with Gasteiger partial charge in [-0.1, -0.05) is 20.8 Å². The molecule has 0 radical (unpaired) electrons. The summed E-state index contributed by atoms with van der Waals surface area (Å²) in [5.74, 6) is -0.519. The van der Waals surface area contributed by atoms with E-state index in [1.54, 1.807) is 27.7 Å². The summed E-state index contributed by atoms with van der Waals surface area (Å²) in [5.41, 5.74) is -4.34. The average Bonchev–Trinajstić information content (AvgIpc) is 2.51. The van der Waals surface area contributed by atoms with Crippen molar-refractivity contribution in [1.82, 2.24) is 5.32 Å². The summed E-state index contributed by atoms with van der Waals surface area (Å²) in [6.45, 7) is 6.91. The van der Waals surface area contributed by atoms with E-state index in [1.165, 1.54) is 6.07 Å². The Morgan fingerprint density at radius 3 is 1.73 bits per heavy atom. The first-order chi connectivity index (χ1) is 13.3. The molecule has 168 valence electrons. The van der Waals surface area contributed by atoms with Crippen molar-refractivity contribution in [3.63, 3.8) is 0 Å². The maximum Gasteiger partial charge on any atom is 0.416 e. The third-order valence-electron chi connectivity index (χ3n) is 4.22. The van der Waals surface area contributed by atoms with E-state index in [-0.39, 0.29) is 6.07 Å². The molecule has 1 aromatic carbocycles. The van der Waals surface area contributed by atoms with Gasteiger partial charge in [0.1, 0.15) is 11.9 Å². The minimum Gasteiger partial charge on any atom is -0.367 e. The van der Waals surface area contributed by atoms with Gasteiger partial charge in [-0.25, -0.2) is 8.42 Å². The van der Waals surface area contributed by atoms with Crippen LogP contribution in [-0.4, -0.2) is 20.7 Å². The van der Waals surface area contributed by atoms with Crippen molar-refractivity contribution in [1.29, 1.82) is 5.26 Å². The number of nitrogens with one attached hydrogen (secondary N) is 2. The van der Waals surface area contributed by atoms with Gasteiger partial charge < -0.3 is 10.6 Å². The van der Waals surface area contributed by atoms with Crippen LogP contribution in [0.5, 0.6) is 0 Å². The van der Waals surface area contributed by atoms with Crippen molar-refractivity contribution in [2.45, 2.75) is 46.1 Å². The largest absolute Gasteiger partial charge is 0.416 e. The molecule has 0 aliphatic heterocycles. The molecule has 0 aliphatic rings. The molecular weight excluding hydrogens is 436 g/mol. The van der Waals surface area contributed by atoms with Crippen LogP contribution in [0.4, 0.5) is 32.0 Å². The van der Waals surface area contributed by atoms with E-state index in [9.17, 15) is 40.0 Å². The van der Waals surface area contributed by atoms with Gasteiger partial charge in [0, 0.05) is 18.0 Å². The topological polar surface area (TPSA) is 82.0 Å². The summed E-state index contributed by atoms with van der Waals surface area (Å²) in [6.07, 6.45) is -9.46. The fourth-order valence-electron chi connectivity index (χ4n) is 2.09. The van der Waals surface area contributed by atoms with Gasteiger partial charge in [-0.05, 0) is 30.5 Å². The maximum absolute atomic E-state index is 13.1. The highest BCUT2D eigenvalue weighted by Crippen LogP contribution is 2.38. The van der Waals surface area contributed by atoms with E-state index in [0.29, 0.717) is 18.4 Å². The number of allylic oxidation sites excluding steroid dienone is 1. The number of rotatable bonds is 5. The zero-order valence-corrected chi connectivity index (χ0v) is 17.6. The number of alkyl halides is 6. The Morgan fingerprint density at radius 1 is 1.00 bits per heavy atom. The quantitative estimate of drug-likeness (QED) is 0.486. The number of halogens is 6. The minimum atomic E-state index is -5.08. The summed E-state index contributed by atoms with van der Waals surface area (Å²) in [6, 6.07) is 1.66. The van der Waals surface area contributed by atoms with Crippen molar-refractivity contribution in [2.24, 2.45) is 5.41 Å². The Morgan fingerprint density at radius 2 is 1.43 bits per heavy atom. The third kappa shape index (κ3) is 6.83. The Balaban J connectivity index is 3.68. The highest BCUT2D eigenvalue weighted by atomic mass is 32.2. The van der Waals surface area contributed by atoms with Crippen molar-refractivity contribution in [3.05, 3.63) is 40.1 Å². The van der Waals surface area contributed by atoms with Crippen LogP contribution in [0.3, 0.4) is 0 Å². The fourth-order valence-corrected chi connectivity index (χ4v) is 2.73. The molecule has 30 heavy (non-hydrogen) atoms. The summed E-state index contributed by atoms with van der Waals surface area (Å²) in [7, 11) is -4.15. The number of nitrogens with zero attached hydrogens (tertiary/aromatic N) is 1. The molecule has 0 spiro atoms. The van der Waals surface area contributed by atoms with Crippen LogP contribution >= 0.6 is 0 Å². The predicted molar refractivity (Wildman–Crippen MR) is 99.6 cm³/mol. The van der Waals surface area contributed by atoms with Crippen LogP contribution in [0.15, 0.2) is 28.9 Å². The summed E-state index contributed by atoms with van der Waals surface area (Å²) < 4.78 is 102. The normalized spacial score (nSPS) is 15.1. The van der Waals surface area contributed by atoms with Crippen LogP contribution in [0.25, 0.3) is 0 Å². The molecule has 0 heterocycles. The molecule has 5 nitrogen and oxygen atoms in total. The summed E-state index contributed by atoms with van der Waals surface area (Å²) in [4.78, 5) is -0.857. The Bertz CT molecular complexity index is 935. The standard InChI is InChI=1S/C18H21F6N3O2S/c1-10(16(2,3)4)26-15(14(9-25)30(5,28)29)27-13-7-11(17(19,20)21)6-12(8-13)18(22,23)24/h6-8,10,26-27H,1-5H3/b15-14-/t10-/m1/s1. The van der Waals surface area contributed by atoms with E-state index in [1.807, 2.05) is 0 Å². The van der Waals surface area contributed by atoms with Crippen LogP contribution in [0.2, 0.25) is 0 Å². The Kier molecular flexibility index (Phi) is 7.15. The van der Waals surface area contributed by atoms with Crippen molar-refractivity contribution in [2.75, 3.05) is 11.6 Å². The highest BCUT2D eigenvalue weighted by molar-refractivity contribution is 7.94. The number of anilines is 1. The number of nitriles is 1. The lowest BCUT2D eigenvalue weighted by Crippen LogP contribution is -2.40. The van der Waals surface area contributed by atoms with Gasteiger partial charge in [-0.2, -0.15) is 31.6 Å². The summed E-state index contributed by atoms with van der Waals surface area (Å²) in [5, 5.41) is 14.2. The summed E-state index contributed by atoms with van der Waals surface area (Å²) >= 11 is 0. The Hall–Kier alpha value is -2.42. The number of hydrogen-bond donors (Lipinski definition) is 2. The molecular formula is C18H21F6N3O2S. The SMILES string of the molecule is C[C@@H](N/C(Nc1cc(C(F)(F)F)cc(C(F)(F)F)c1)=C(\C#N)S(C)(=O)=O)C(C)(C)C. The molecule has 0 fully saturated rings. The Labute approximate surface area is 170 Å². The van der Waals surface area contributed by atoms with E-state index >= 15 is 0 Å². The molecule has 1 atom stereocenters. The number of hydrogen-bond acceptors (Lipinski definition) is 5. The van der Waals surface area contributed by atoms with E-state index < -0.39 is 61.2 Å². The molecule has 0 aliphatic carbocycles. The lowest BCUT2D eigenvalue weighted by Gasteiger charge is -2.30. The zero-order chi connectivity index (χ0) is 23.7. The van der Waals surface area contributed by atoms with Crippen LogP contribution in [0.1, 0.15) is 38.8 Å². The van der Waals surface area contributed by atoms with E-state index in [0.717, 1.165) is 0 Å². The van der Waals surface area contributed by atoms with Crippen molar-refractivity contribution < 1.29 is 34.8 Å². The lowest BCUT2D eigenvalue weighted by molar-refractivity contribution is -0.143. The fraction of sp³-hybridized carbons (Fsp3) is 0.500.